The highest BCUT2D eigenvalue weighted by atomic mass is 19.1. The Bertz CT molecular complexity index is 780. The van der Waals surface area contributed by atoms with Crippen molar-refractivity contribution < 1.29 is 13.7 Å². The Kier molecular flexibility index (Phi) is 5.97. The first-order chi connectivity index (χ1) is 13.7. The van der Waals surface area contributed by atoms with E-state index in [4.69, 9.17) is 4.52 Å². The molecule has 7 nitrogen and oxygen atoms in total. The molecule has 0 atom stereocenters. The van der Waals surface area contributed by atoms with Gasteiger partial charge >= 0.3 is 0 Å². The number of rotatable bonds is 5. The second-order valence-corrected chi connectivity index (χ2v) is 7.51. The largest absolute Gasteiger partial charge is 0.342 e. The van der Waals surface area contributed by atoms with E-state index in [1.165, 1.54) is 18.6 Å². The molecule has 0 N–H and O–H groups in total. The molecule has 0 unspecified atom stereocenters. The van der Waals surface area contributed by atoms with Crippen LogP contribution in [0.3, 0.4) is 0 Å². The molecule has 8 heteroatoms. The molecule has 0 aliphatic carbocycles. The quantitative estimate of drug-likeness (QED) is 0.782. The van der Waals surface area contributed by atoms with E-state index in [-0.39, 0.29) is 11.7 Å². The van der Waals surface area contributed by atoms with E-state index in [0.29, 0.717) is 24.8 Å². The van der Waals surface area contributed by atoms with Crippen LogP contribution in [0.5, 0.6) is 0 Å². The highest BCUT2D eigenvalue weighted by Gasteiger charge is 2.23. The fourth-order valence-corrected chi connectivity index (χ4v) is 3.77. The van der Waals surface area contributed by atoms with Crippen molar-refractivity contribution in [3.63, 3.8) is 0 Å². The lowest BCUT2D eigenvalue weighted by Crippen LogP contribution is -2.50. The third-order valence-electron chi connectivity index (χ3n) is 5.46. The molecule has 1 amide bonds. The molecule has 0 radical (unpaired) electrons. The number of benzene rings is 1. The van der Waals surface area contributed by atoms with Gasteiger partial charge in [0, 0.05) is 44.8 Å². The summed E-state index contributed by atoms with van der Waals surface area (Å²) in [5.74, 6) is 0.996. The summed E-state index contributed by atoms with van der Waals surface area (Å²) in [6, 6.07) is 6.05. The van der Waals surface area contributed by atoms with Crippen LogP contribution in [0, 0.1) is 5.82 Å². The molecule has 3 heterocycles. The molecule has 150 valence electrons. The summed E-state index contributed by atoms with van der Waals surface area (Å²) in [5.41, 5.74) is 0.734. The number of likely N-dealkylation sites (tertiary alicyclic amines) is 1. The zero-order chi connectivity index (χ0) is 19.3. The van der Waals surface area contributed by atoms with Crippen LogP contribution >= 0.6 is 0 Å². The maximum Gasteiger partial charge on any atom is 0.241 e. The molecule has 2 saturated heterocycles. The first kappa shape index (κ1) is 19.0. The van der Waals surface area contributed by atoms with Gasteiger partial charge in [0.05, 0.1) is 13.1 Å². The Labute approximate surface area is 164 Å². The topological polar surface area (TPSA) is 65.7 Å². The molecular formula is C20H26FN5O2. The average Bonchev–Trinajstić information content (AvgIpc) is 3.19. The van der Waals surface area contributed by atoms with Crippen molar-refractivity contribution in [3.8, 4) is 11.4 Å². The monoisotopic (exact) mass is 387 g/mol. The SMILES string of the molecule is O=C(CN1CCN(Cc2nc(-c3ccc(F)cc3)no2)CC1)N1CCCCC1. The van der Waals surface area contributed by atoms with Crippen LogP contribution in [-0.4, -0.2) is 76.6 Å². The third-order valence-corrected chi connectivity index (χ3v) is 5.46. The maximum atomic E-state index is 13.0. The van der Waals surface area contributed by atoms with Gasteiger partial charge in [-0.2, -0.15) is 4.98 Å². The Morgan fingerprint density at radius 2 is 1.64 bits per heavy atom. The fourth-order valence-electron chi connectivity index (χ4n) is 3.77. The van der Waals surface area contributed by atoms with Gasteiger partial charge in [-0.25, -0.2) is 4.39 Å². The van der Waals surface area contributed by atoms with Gasteiger partial charge in [0.25, 0.3) is 0 Å². The van der Waals surface area contributed by atoms with Gasteiger partial charge in [0.1, 0.15) is 5.82 Å². The number of amides is 1. The molecule has 2 aromatic rings. The second-order valence-electron chi connectivity index (χ2n) is 7.51. The van der Waals surface area contributed by atoms with Gasteiger partial charge in [-0.05, 0) is 43.5 Å². The second kappa shape index (κ2) is 8.79. The maximum absolute atomic E-state index is 13.0. The van der Waals surface area contributed by atoms with Crippen molar-refractivity contribution in [3.05, 3.63) is 36.0 Å². The number of hydrogen-bond donors (Lipinski definition) is 0. The summed E-state index contributed by atoms with van der Waals surface area (Å²) in [7, 11) is 0. The van der Waals surface area contributed by atoms with Crippen LogP contribution in [0.4, 0.5) is 4.39 Å². The Hall–Kier alpha value is -2.32. The van der Waals surface area contributed by atoms with Crippen LogP contribution in [0.25, 0.3) is 11.4 Å². The molecule has 1 aromatic heterocycles. The number of piperazine rings is 1. The van der Waals surface area contributed by atoms with Crippen molar-refractivity contribution >= 4 is 5.91 Å². The van der Waals surface area contributed by atoms with E-state index in [1.807, 2.05) is 4.90 Å². The summed E-state index contributed by atoms with van der Waals surface area (Å²) < 4.78 is 18.4. The van der Waals surface area contributed by atoms with E-state index in [0.717, 1.165) is 57.7 Å². The third kappa shape index (κ3) is 4.74. The van der Waals surface area contributed by atoms with Gasteiger partial charge in [0.2, 0.25) is 17.6 Å². The normalized spacial score (nSPS) is 19.1. The van der Waals surface area contributed by atoms with Crippen molar-refractivity contribution in [2.75, 3.05) is 45.8 Å². The number of carbonyl (C=O) groups excluding carboxylic acids is 1. The Morgan fingerprint density at radius 3 is 2.36 bits per heavy atom. The van der Waals surface area contributed by atoms with Gasteiger partial charge in [-0.15, -0.1) is 0 Å². The Morgan fingerprint density at radius 1 is 0.964 bits per heavy atom. The van der Waals surface area contributed by atoms with Gasteiger partial charge in [-0.1, -0.05) is 5.16 Å². The highest BCUT2D eigenvalue weighted by Crippen LogP contribution is 2.17. The molecule has 1 aromatic carbocycles. The van der Waals surface area contributed by atoms with E-state index < -0.39 is 0 Å². The summed E-state index contributed by atoms with van der Waals surface area (Å²) >= 11 is 0. The van der Waals surface area contributed by atoms with Gasteiger partial charge in [0.15, 0.2) is 0 Å². The summed E-state index contributed by atoms with van der Waals surface area (Å²) in [6.07, 6.45) is 3.49. The molecule has 2 fully saturated rings. The smallest absolute Gasteiger partial charge is 0.241 e. The zero-order valence-electron chi connectivity index (χ0n) is 16.0. The van der Waals surface area contributed by atoms with Crippen LogP contribution in [-0.2, 0) is 11.3 Å². The Balaban J connectivity index is 1.24. The number of piperidine rings is 1. The first-order valence-electron chi connectivity index (χ1n) is 9.98. The molecule has 2 aliphatic rings. The van der Waals surface area contributed by atoms with Gasteiger partial charge < -0.3 is 9.42 Å². The number of aromatic nitrogens is 2. The molecule has 0 spiro atoms. The summed E-state index contributed by atoms with van der Waals surface area (Å²) in [4.78, 5) is 23.3. The van der Waals surface area contributed by atoms with E-state index in [9.17, 15) is 9.18 Å². The number of nitrogens with zero attached hydrogens (tertiary/aromatic N) is 5. The summed E-state index contributed by atoms with van der Waals surface area (Å²) in [6.45, 7) is 6.37. The minimum absolute atomic E-state index is 0.258. The van der Waals surface area contributed by atoms with Gasteiger partial charge in [-0.3, -0.25) is 14.6 Å². The number of carbonyl (C=O) groups is 1. The lowest BCUT2D eigenvalue weighted by molar-refractivity contribution is -0.133. The minimum Gasteiger partial charge on any atom is -0.342 e. The minimum atomic E-state index is -0.288. The fraction of sp³-hybridized carbons (Fsp3) is 0.550. The van der Waals surface area contributed by atoms with Crippen molar-refractivity contribution in [2.24, 2.45) is 0 Å². The number of halogens is 1. The zero-order valence-corrected chi connectivity index (χ0v) is 16.0. The van der Waals surface area contributed by atoms with Crippen LogP contribution in [0.2, 0.25) is 0 Å². The van der Waals surface area contributed by atoms with E-state index in [1.54, 1.807) is 12.1 Å². The lowest BCUT2D eigenvalue weighted by Gasteiger charge is -2.35. The molecular weight excluding hydrogens is 361 g/mol. The summed E-state index contributed by atoms with van der Waals surface area (Å²) in [5, 5.41) is 3.99. The van der Waals surface area contributed by atoms with Crippen LogP contribution in [0.15, 0.2) is 28.8 Å². The highest BCUT2D eigenvalue weighted by molar-refractivity contribution is 5.78. The molecule has 4 rings (SSSR count). The van der Waals surface area contributed by atoms with Crippen molar-refractivity contribution in [1.29, 1.82) is 0 Å². The van der Waals surface area contributed by atoms with E-state index >= 15 is 0 Å². The predicted octanol–water partition coefficient (Wildman–Crippen LogP) is 2.01. The van der Waals surface area contributed by atoms with E-state index in [2.05, 4.69) is 19.9 Å². The van der Waals surface area contributed by atoms with Crippen molar-refractivity contribution in [1.82, 2.24) is 24.8 Å². The molecule has 0 saturated carbocycles. The standard InChI is InChI=1S/C20H26FN5O2/c21-17-6-4-16(5-7-17)20-22-18(28-23-20)14-24-10-12-25(13-11-24)15-19(27)26-8-2-1-3-9-26/h4-7H,1-3,8-15H2. The predicted molar refractivity (Wildman–Crippen MR) is 102 cm³/mol. The molecule has 0 bridgehead atoms. The van der Waals surface area contributed by atoms with Crippen LogP contribution < -0.4 is 0 Å². The molecule has 28 heavy (non-hydrogen) atoms. The van der Waals surface area contributed by atoms with Crippen LogP contribution in [0.1, 0.15) is 25.2 Å². The lowest BCUT2D eigenvalue weighted by atomic mass is 10.1. The number of hydrogen-bond acceptors (Lipinski definition) is 6. The molecule has 2 aliphatic heterocycles. The average molecular weight is 387 g/mol. The van der Waals surface area contributed by atoms with Crippen molar-refractivity contribution in [2.45, 2.75) is 25.8 Å². The first-order valence-corrected chi connectivity index (χ1v) is 9.98.